The summed E-state index contributed by atoms with van der Waals surface area (Å²) in [5.74, 6) is -0.291. The van der Waals surface area contributed by atoms with E-state index in [9.17, 15) is 14.7 Å². The second kappa shape index (κ2) is 5.83. The fourth-order valence-electron chi connectivity index (χ4n) is 3.60. The summed E-state index contributed by atoms with van der Waals surface area (Å²) in [5, 5.41) is 9.29. The van der Waals surface area contributed by atoms with Crippen molar-refractivity contribution in [3.8, 4) is 0 Å². The van der Waals surface area contributed by atoms with Gasteiger partial charge in [0, 0.05) is 18.4 Å². The van der Waals surface area contributed by atoms with Gasteiger partial charge in [-0.05, 0) is 38.6 Å². The highest BCUT2D eigenvalue weighted by Gasteiger charge is 2.40. The number of likely N-dealkylation sites (tertiary alicyclic amines) is 1. The van der Waals surface area contributed by atoms with Gasteiger partial charge in [-0.1, -0.05) is 13.3 Å². The monoisotopic (exact) mass is 253 g/mol. The van der Waals surface area contributed by atoms with Gasteiger partial charge in [0.05, 0.1) is 0 Å². The number of carboxylic acids is 1. The van der Waals surface area contributed by atoms with Crippen molar-refractivity contribution in [1.82, 2.24) is 4.90 Å². The first-order valence-corrected chi connectivity index (χ1v) is 7.16. The first kappa shape index (κ1) is 13.5. The van der Waals surface area contributed by atoms with Crippen molar-refractivity contribution < 1.29 is 14.7 Å². The number of rotatable bonds is 4. The average Bonchev–Trinajstić information content (AvgIpc) is 2.79. The van der Waals surface area contributed by atoms with Crippen LogP contribution in [0.15, 0.2) is 0 Å². The number of ketones is 1. The third kappa shape index (κ3) is 2.58. The van der Waals surface area contributed by atoms with Crippen LogP contribution in [0.5, 0.6) is 0 Å². The van der Waals surface area contributed by atoms with Crippen LogP contribution in [-0.4, -0.2) is 40.4 Å². The Morgan fingerprint density at radius 1 is 1.39 bits per heavy atom. The Labute approximate surface area is 108 Å². The molecule has 4 nitrogen and oxygen atoms in total. The minimum absolute atomic E-state index is 0.0923. The number of hydrogen-bond acceptors (Lipinski definition) is 3. The van der Waals surface area contributed by atoms with Gasteiger partial charge in [0.2, 0.25) is 0 Å². The predicted octanol–water partition coefficient (Wildman–Crippen LogP) is 2.07. The smallest absolute Gasteiger partial charge is 0.320 e. The fraction of sp³-hybridized carbons (Fsp3) is 0.857. The SMILES string of the molecule is CCC(C(=O)O)N1CCCC1C1CCCCC1=O. The molecule has 4 heteroatoms. The van der Waals surface area contributed by atoms with Crippen molar-refractivity contribution in [2.75, 3.05) is 6.54 Å². The van der Waals surface area contributed by atoms with Crippen molar-refractivity contribution in [2.45, 2.75) is 64.0 Å². The third-order valence-corrected chi connectivity index (χ3v) is 4.48. The van der Waals surface area contributed by atoms with Crippen LogP contribution in [0.25, 0.3) is 0 Å². The summed E-state index contributed by atoms with van der Waals surface area (Å²) in [5.41, 5.74) is 0. The van der Waals surface area contributed by atoms with E-state index in [2.05, 4.69) is 4.90 Å². The number of nitrogens with zero attached hydrogens (tertiary/aromatic N) is 1. The predicted molar refractivity (Wildman–Crippen MR) is 68.4 cm³/mol. The number of Topliss-reactive ketones (excluding diaryl/α,β-unsaturated/α-hetero) is 1. The molecule has 0 radical (unpaired) electrons. The van der Waals surface area contributed by atoms with E-state index in [0.717, 1.165) is 38.6 Å². The van der Waals surface area contributed by atoms with Crippen LogP contribution in [0.2, 0.25) is 0 Å². The molecule has 0 amide bonds. The lowest BCUT2D eigenvalue weighted by molar-refractivity contribution is -0.145. The Bertz CT molecular complexity index is 329. The number of carbonyl (C=O) groups is 2. The first-order chi connectivity index (χ1) is 8.65. The summed E-state index contributed by atoms with van der Waals surface area (Å²) in [7, 11) is 0. The van der Waals surface area contributed by atoms with Crippen LogP contribution in [0.1, 0.15) is 51.9 Å². The van der Waals surface area contributed by atoms with Gasteiger partial charge in [0.25, 0.3) is 0 Å². The molecule has 2 fully saturated rings. The Hall–Kier alpha value is -0.900. The summed E-state index contributed by atoms with van der Waals surface area (Å²) in [6.07, 6.45) is 6.41. The number of carboxylic acid groups (broad SMARTS) is 1. The molecule has 1 aliphatic carbocycles. The zero-order chi connectivity index (χ0) is 13.1. The highest BCUT2D eigenvalue weighted by Crippen LogP contribution is 2.34. The molecule has 0 aromatic heterocycles. The van der Waals surface area contributed by atoms with E-state index in [4.69, 9.17) is 0 Å². The van der Waals surface area contributed by atoms with E-state index in [-0.39, 0.29) is 12.0 Å². The van der Waals surface area contributed by atoms with Crippen LogP contribution in [0.3, 0.4) is 0 Å². The molecule has 1 aliphatic heterocycles. The molecule has 3 unspecified atom stereocenters. The van der Waals surface area contributed by atoms with Crippen molar-refractivity contribution >= 4 is 11.8 Å². The number of aliphatic carboxylic acids is 1. The van der Waals surface area contributed by atoms with Gasteiger partial charge in [0.1, 0.15) is 11.8 Å². The van der Waals surface area contributed by atoms with Crippen LogP contribution in [-0.2, 0) is 9.59 Å². The average molecular weight is 253 g/mol. The van der Waals surface area contributed by atoms with E-state index in [0.29, 0.717) is 18.6 Å². The van der Waals surface area contributed by atoms with E-state index >= 15 is 0 Å². The highest BCUT2D eigenvalue weighted by atomic mass is 16.4. The van der Waals surface area contributed by atoms with Gasteiger partial charge < -0.3 is 5.11 Å². The summed E-state index contributed by atoms with van der Waals surface area (Å²) < 4.78 is 0. The lowest BCUT2D eigenvalue weighted by Crippen LogP contribution is -2.48. The topological polar surface area (TPSA) is 57.6 Å². The maximum absolute atomic E-state index is 12.0. The quantitative estimate of drug-likeness (QED) is 0.833. The zero-order valence-electron chi connectivity index (χ0n) is 11.1. The van der Waals surface area contributed by atoms with Crippen LogP contribution in [0, 0.1) is 5.92 Å². The third-order valence-electron chi connectivity index (χ3n) is 4.48. The van der Waals surface area contributed by atoms with Gasteiger partial charge in [-0.3, -0.25) is 14.5 Å². The molecule has 18 heavy (non-hydrogen) atoms. The lowest BCUT2D eigenvalue weighted by atomic mass is 9.81. The maximum Gasteiger partial charge on any atom is 0.320 e. The molecule has 2 aliphatic rings. The molecule has 1 heterocycles. The summed E-state index contributed by atoms with van der Waals surface area (Å²) in [6, 6.07) is -0.230. The normalized spacial score (nSPS) is 31.5. The zero-order valence-corrected chi connectivity index (χ0v) is 11.1. The molecule has 0 aromatic carbocycles. The van der Waals surface area contributed by atoms with Crippen molar-refractivity contribution in [2.24, 2.45) is 5.92 Å². The van der Waals surface area contributed by atoms with Crippen molar-refractivity contribution in [3.63, 3.8) is 0 Å². The second-order valence-corrected chi connectivity index (χ2v) is 5.53. The fourth-order valence-corrected chi connectivity index (χ4v) is 3.60. The van der Waals surface area contributed by atoms with Gasteiger partial charge in [0.15, 0.2) is 0 Å². The van der Waals surface area contributed by atoms with E-state index in [1.165, 1.54) is 0 Å². The molecule has 0 bridgehead atoms. The van der Waals surface area contributed by atoms with Crippen LogP contribution < -0.4 is 0 Å². The summed E-state index contributed by atoms with van der Waals surface area (Å²) in [6.45, 7) is 2.75. The van der Waals surface area contributed by atoms with Crippen LogP contribution >= 0.6 is 0 Å². The Balaban J connectivity index is 2.10. The maximum atomic E-state index is 12.0. The summed E-state index contributed by atoms with van der Waals surface area (Å²) >= 11 is 0. The molecule has 1 saturated carbocycles. The van der Waals surface area contributed by atoms with Gasteiger partial charge >= 0.3 is 5.97 Å². The molecule has 1 N–H and O–H groups in total. The van der Waals surface area contributed by atoms with Gasteiger partial charge in [-0.2, -0.15) is 0 Å². The second-order valence-electron chi connectivity index (χ2n) is 5.53. The number of carbonyl (C=O) groups excluding carboxylic acids is 1. The minimum atomic E-state index is -0.743. The standard InChI is InChI=1S/C14H23NO3/c1-2-11(14(17)18)15-9-5-7-12(15)10-6-3-4-8-13(10)16/h10-12H,2-9H2,1H3,(H,17,18). The number of hydrogen-bond donors (Lipinski definition) is 1. The molecule has 3 atom stereocenters. The molecule has 2 rings (SSSR count). The Morgan fingerprint density at radius 2 is 2.17 bits per heavy atom. The first-order valence-electron chi connectivity index (χ1n) is 7.16. The van der Waals surface area contributed by atoms with E-state index < -0.39 is 12.0 Å². The van der Waals surface area contributed by atoms with Crippen molar-refractivity contribution in [3.05, 3.63) is 0 Å². The molecule has 0 aromatic rings. The van der Waals surface area contributed by atoms with Gasteiger partial charge in [-0.25, -0.2) is 0 Å². The molecular weight excluding hydrogens is 230 g/mol. The Kier molecular flexibility index (Phi) is 4.38. The van der Waals surface area contributed by atoms with Gasteiger partial charge in [-0.15, -0.1) is 0 Å². The van der Waals surface area contributed by atoms with E-state index in [1.807, 2.05) is 6.92 Å². The van der Waals surface area contributed by atoms with Crippen LogP contribution in [0.4, 0.5) is 0 Å². The van der Waals surface area contributed by atoms with E-state index in [1.54, 1.807) is 0 Å². The highest BCUT2D eigenvalue weighted by molar-refractivity contribution is 5.82. The molecule has 102 valence electrons. The Morgan fingerprint density at radius 3 is 2.78 bits per heavy atom. The molecular formula is C14H23NO3. The summed E-state index contributed by atoms with van der Waals surface area (Å²) in [4.78, 5) is 25.4. The minimum Gasteiger partial charge on any atom is -0.480 e. The van der Waals surface area contributed by atoms with Crippen molar-refractivity contribution in [1.29, 1.82) is 0 Å². The lowest BCUT2D eigenvalue weighted by Gasteiger charge is -2.36. The molecule has 1 saturated heterocycles. The molecule has 0 spiro atoms. The largest absolute Gasteiger partial charge is 0.480 e.